The Balaban J connectivity index is 1.91. The van der Waals surface area contributed by atoms with E-state index in [-0.39, 0.29) is 5.91 Å². The molecule has 140 valence electrons. The van der Waals surface area contributed by atoms with E-state index in [2.05, 4.69) is 36.5 Å². The number of sulfonamides is 1. The van der Waals surface area contributed by atoms with E-state index in [1.807, 2.05) is 0 Å². The van der Waals surface area contributed by atoms with E-state index in [1.54, 1.807) is 25.1 Å². The van der Waals surface area contributed by atoms with E-state index in [0.29, 0.717) is 17.8 Å². The number of nitrogens with one attached hydrogen (secondary N) is 1. The molecule has 0 fully saturated rings. The number of nitrogens with zero attached hydrogens (tertiary/aromatic N) is 1. The standard InChI is InChI=1S/C20H26N2O3S/c1-15-7-9-17(10-8-15)6-5-13-21-20(23)18-11-12-19(16(2)14-18)22(3)26(4,24)25/h7-12,14H,5-6,13H2,1-4H3,(H,21,23). The molecule has 1 N–H and O–H groups in total. The zero-order chi connectivity index (χ0) is 19.3. The second-order valence-corrected chi connectivity index (χ2v) is 8.59. The number of benzene rings is 2. The molecule has 0 bridgehead atoms. The summed E-state index contributed by atoms with van der Waals surface area (Å²) in [7, 11) is -1.82. The van der Waals surface area contributed by atoms with Crippen LogP contribution in [0, 0.1) is 13.8 Å². The van der Waals surface area contributed by atoms with Crippen molar-refractivity contribution in [1.82, 2.24) is 5.32 Å². The van der Waals surface area contributed by atoms with Crippen LogP contribution in [0.4, 0.5) is 5.69 Å². The maximum absolute atomic E-state index is 12.3. The Labute approximate surface area is 156 Å². The number of amides is 1. The SMILES string of the molecule is Cc1ccc(CCCNC(=O)c2ccc(N(C)S(C)(=O)=O)c(C)c2)cc1. The van der Waals surface area contributed by atoms with Crippen molar-refractivity contribution in [3.05, 3.63) is 64.7 Å². The Hall–Kier alpha value is -2.34. The molecular weight excluding hydrogens is 348 g/mol. The number of hydrogen-bond donors (Lipinski definition) is 1. The summed E-state index contributed by atoms with van der Waals surface area (Å²) < 4.78 is 24.5. The molecule has 2 rings (SSSR count). The van der Waals surface area contributed by atoms with Gasteiger partial charge in [0.1, 0.15) is 0 Å². The van der Waals surface area contributed by atoms with Gasteiger partial charge in [0.15, 0.2) is 0 Å². The topological polar surface area (TPSA) is 66.5 Å². The van der Waals surface area contributed by atoms with E-state index in [4.69, 9.17) is 0 Å². The summed E-state index contributed by atoms with van der Waals surface area (Å²) in [6.45, 7) is 4.45. The van der Waals surface area contributed by atoms with Crippen LogP contribution in [0.3, 0.4) is 0 Å². The second kappa shape index (κ2) is 8.36. The van der Waals surface area contributed by atoms with Gasteiger partial charge in [0.2, 0.25) is 10.0 Å². The first-order chi connectivity index (χ1) is 12.2. The van der Waals surface area contributed by atoms with Gasteiger partial charge in [-0.2, -0.15) is 0 Å². The van der Waals surface area contributed by atoms with Crippen LogP contribution in [0.25, 0.3) is 0 Å². The van der Waals surface area contributed by atoms with Crippen LogP contribution >= 0.6 is 0 Å². The number of anilines is 1. The Kier molecular flexibility index (Phi) is 6.42. The van der Waals surface area contributed by atoms with Crippen LogP contribution in [0.1, 0.15) is 33.5 Å². The van der Waals surface area contributed by atoms with Gasteiger partial charge >= 0.3 is 0 Å². The van der Waals surface area contributed by atoms with Crippen molar-refractivity contribution >= 4 is 21.6 Å². The summed E-state index contributed by atoms with van der Waals surface area (Å²) >= 11 is 0. The highest BCUT2D eigenvalue weighted by molar-refractivity contribution is 7.92. The average Bonchev–Trinajstić information content (AvgIpc) is 2.58. The van der Waals surface area contributed by atoms with Gasteiger partial charge in [0.25, 0.3) is 5.91 Å². The van der Waals surface area contributed by atoms with Crippen molar-refractivity contribution in [1.29, 1.82) is 0 Å². The number of hydrogen-bond acceptors (Lipinski definition) is 3. The monoisotopic (exact) mass is 374 g/mol. The molecule has 0 saturated carbocycles. The maximum atomic E-state index is 12.3. The zero-order valence-electron chi connectivity index (χ0n) is 15.7. The van der Waals surface area contributed by atoms with Crippen molar-refractivity contribution < 1.29 is 13.2 Å². The third kappa shape index (κ3) is 5.33. The molecule has 1 amide bonds. The quantitative estimate of drug-likeness (QED) is 0.758. The molecule has 0 heterocycles. The molecule has 0 atom stereocenters. The minimum Gasteiger partial charge on any atom is -0.352 e. The van der Waals surface area contributed by atoms with Crippen LogP contribution in [0.5, 0.6) is 0 Å². The van der Waals surface area contributed by atoms with E-state index in [0.717, 1.165) is 24.7 Å². The van der Waals surface area contributed by atoms with Gasteiger partial charge in [-0.25, -0.2) is 8.42 Å². The van der Waals surface area contributed by atoms with Crippen LogP contribution in [0.2, 0.25) is 0 Å². The van der Waals surface area contributed by atoms with Crippen molar-refractivity contribution in [3.63, 3.8) is 0 Å². The highest BCUT2D eigenvalue weighted by Crippen LogP contribution is 2.22. The summed E-state index contributed by atoms with van der Waals surface area (Å²) in [6.07, 6.45) is 2.93. The molecule has 0 aromatic heterocycles. The van der Waals surface area contributed by atoms with Gasteiger partial charge in [-0.15, -0.1) is 0 Å². The molecule has 5 nitrogen and oxygen atoms in total. The number of aryl methyl sites for hydroxylation is 3. The van der Waals surface area contributed by atoms with Gasteiger partial charge in [-0.1, -0.05) is 29.8 Å². The molecule has 0 spiro atoms. The lowest BCUT2D eigenvalue weighted by Crippen LogP contribution is -2.27. The molecule has 0 aliphatic rings. The lowest BCUT2D eigenvalue weighted by Gasteiger charge is -2.19. The fourth-order valence-electron chi connectivity index (χ4n) is 2.68. The highest BCUT2D eigenvalue weighted by Gasteiger charge is 2.15. The smallest absolute Gasteiger partial charge is 0.251 e. The normalized spacial score (nSPS) is 11.2. The second-order valence-electron chi connectivity index (χ2n) is 6.58. The molecular formula is C20H26N2O3S. The number of carbonyl (C=O) groups is 1. The molecule has 0 saturated heterocycles. The minimum absolute atomic E-state index is 0.148. The molecule has 0 radical (unpaired) electrons. The van der Waals surface area contributed by atoms with Gasteiger partial charge in [-0.3, -0.25) is 9.10 Å². The van der Waals surface area contributed by atoms with Crippen molar-refractivity contribution in [3.8, 4) is 0 Å². The first-order valence-corrected chi connectivity index (χ1v) is 10.4. The minimum atomic E-state index is -3.33. The molecule has 0 aliphatic heterocycles. The van der Waals surface area contributed by atoms with Crippen LogP contribution in [-0.2, 0) is 16.4 Å². The summed E-state index contributed by atoms with van der Waals surface area (Å²) in [5, 5.41) is 2.92. The lowest BCUT2D eigenvalue weighted by atomic mass is 10.1. The van der Waals surface area contributed by atoms with E-state index in [1.165, 1.54) is 22.5 Å². The van der Waals surface area contributed by atoms with Gasteiger partial charge in [-0.05, 0) is 56.0 Å². The first kappa shape index (κ1) is 20.0. The van der Waals surface area contributed by atoms with Gasteiger partial charge in [0.05, 0.1) is 11.9 Å². The summed E-state index contributed by atoms with van der Waals surface area (Å²) in [6, 6.07) is 13.4. The largest absolute Gasteiger partial charge is 0.352 e. The van der Waals surface area contributed by atoms with Crippen LogP contribution in [0.15, 0.2) is 42.5 Å². The summed E-state index contributed by atoms with van der Waals surface area (Å²) in [4.78, 5) is 12.3. The number of carbonyl (C=O) groups excluding carboxylic acids is 1. The van der Waals surface area contributed by atoms with Crippen molar-refractivity contribution in [2.24, 2.45) is 0 Å². The summed E-state index contributed by atoms with van der Waals surface area (Å²) in [5.74, 6) is -0.148. The lowest BCUT2D eigenvalue weighted by molar-refractivity contribution is 0.0953. The fraction of sp³-hybridized carbons (Fsp3) is 0.350. The highest BCUT2D eigenvalue weighted by atomic mass is 32.2. The van der Waals surface area contributed by atoms with Gasteiger partial charge in [0, 0.05) is 19.2 Å². The van der Waals surface area contributed by atoms with E-state index < -0.39 is 10.0 Å². The van der Waals surface area contributed by atoms with Crippen molar-refractivity contribution in [2.75, 3.05) is 24.2 Å². The third-order valence-electron chi connectivity index (χ3n) is 4.34. The Morgan fingerprint density at radius 2 is 1.73 bits per heavy atom. The average molecular weight is 375 g/mol. The molecule has 2 aromatic rings. The van der Waals surface area contributed by atoms with Crippen molar-refractivity contribution in [2.45, 2.75) is 26.7 Å². The molecule has 0 unspecified atom stereocenters. The van der Waals surface area contributed by atoms with Crippen LogP contribution < -0.4 is 9.62 Å². The molecule has 6 heteroatoms. The number of rotatable bonds is 7. The maximum Gasteiger partial charge on any atom is 0.251 e. The van der Waals surface area contributed by atoms with Gasteiger partial charge < -0.3 is 5.32 Å². The third-order valence-corrected chi connectivity index (χ3v) is 5.54. The van der Waals surface area contributed by atoms with E-state index >= 15 is 0 Å². The fourth-order valence-corrected chi connectivity index (χ4v) is 3.24. The zero-order valence-corrected chi connectivity index (χ0v) is 16.6. The molecule has 2 aromatic carbocycles. The van der Waals surface area contributed by atoms with E-state index in [9.17, 15) is 13.2 Å². The predicted octanol–water partition coefficient (Wildman–Crippen LogP) is 3.06. The molecule has 26 heavy (non-hydrogen) atoms. The summed E-state index contributed by atoms with van der Waals surface area (Å²) in [5.41, 5.74) is 4.34. The molecule has 0 aliphatic carbocycles. The first-order valence-electron chi connectivity index (χ1n) is 8.57. The predicted molar refractivity (Wildman–Crippen MR) is 106 cm³/mol. The Morgan fingerprint density at radius 3 is 2.31 bits per heavy atom. The Morgan fingerprint density at radius 1 is 1.08 bits per heavy atom. The Bertz CT molecular complexity index is 874. The van der Waals surface area contributed by atoms with Crippen LogP contribution in [-0.4, -0.2) is 34.2 Å².